The number of esters is 2. The van der Waals surface area contributed by atoms with E-state index in [0.29, 0.717) is 0 Å². The number of nitrogens with zero attached hydrogens (tertiary/aromatic N) is 1. The van der Waals surface area contributed by atoms with Crippen LogP contribution in [0.1, 0.15) is 53.3 Å². The summed E-state index contributed by atoms with van der Waals surface area (Å²) in [6.07, 6.45) is -8.00. The second-order valence-corrected chi connectivity index (χ2v) is 16.9. The van der Waals surface area contributed by atoms with E-state index in [0.717, 1.165) is 10.8 Å². The van der Waals surface area contributed by atoms with Crippen LogP contribution in [0.5, 0.6) is 11.5 Å². The number of para-hydroxylation sites is 2. The molecule has 0 unspecified atom stereocenters. The molecule has 0 spiro atoms. The third kappa shape index (κ3) is 11.7. The van der Waals surface area contributed by atoms with Crippen LogP contribution in [0.25, 0.3) is 0 Å². The number of H-pyrrole nitrogens is 1. The van der Waals surface area contributed by atoms with Crippen LogP contribution in [-0.2, 0) is 42.0 Å². The Morgan fingerprint density at radius 3 is 2.02 bits per heavy atom. The number of carbonyl (C=O) groups excluding carboxylic acids is 2. The SMILES string of the molecule is Cc1cn([C@H]2O[C@@H](CO[P@@](=O)(C[C@@H](C)C(=O)OC(C)C)Oc3ccccc3)[C@H](O[P@@](=O)(N[C@@H](C)C(=O)OC(C)C)Oc3ccccc3)[C@H]2F)c(=O)[nH]c1=O. The highest BCUT2D eigenvalue weighted by Crippen LogP contribution is 2.53. The summed E-state index contributed by atoms with van der Waals surface area (Å²) in [4.78, 5) is 52.6. The van der Waals surface area contributed by atoms with Crippen LogP contribution in [-0.4, -0.2) is 70.9 Å². The smallest absolute Gasteiger partial charge is 0.459 e. The number of hydrogen-bond acceptors (Lipinski definition) is 13. The molecule has 4 rings (SSSR count). The number of carbonyl (C=O) groups is 2. The van der Waals surface area contributed by atoms with Gasteiger partial charge in [0.2, 0.25) is 0 Å². The standard InChI is InChI=1S/C35H46FN3O13P2/c1-21(2)47-33(41)24(6)20-53(44,50-26-14-10-8-11-15-26)46-19-28-30(29(36)32(49-28)39-18-23(5)31(40)37-35(39)43)52-54(45,51-27-16-12-9-13-17-27)38-25(7)34(42)48-22(3)4/h8-18,21-22,24-25,28-30,32H,19-20H2,1-7H3,(H,38,45)(H,37,40,43)/t24-,25+,28+,29-,30+,32+,53+,54-/m1/s1. The van der Waals surface area contributed by atoms with Crippen LogP contribution in [0, 0.1) is 12.8 Å². The number of halogens is 1. The minimum atomic E-state index is -4.77. The van der Waals surface area contributed by atoms with E-state index in [4.69, 9.17) is 32.3 Å². The molecule has 296 valence electrons. The van der Waals surface area contributed by atoms with Gasteiger partial charge >= 0.3 is 33.0 Å². The Labute approximate surface area is 311 Å². The first-order valence-electron chi connectivity index (χ1n) is 17.2. The topological polar surface area (TPSA) is 200 Å². The average Bonchev–Trinajstić information content (AvgIpc) is 3.39. The zero-order valence-electron chi connectivity index (χ0n) is 30.9. The monoisotopic (exact) mass is 797 g/mol. The molecule has 8 atom stereocenters. The molecule has 16 nitrogen and oxygen atoms in total. The second-order valence-electron chi connectivity index (χ2n) is 13.2. The van der Waals surface area contributed by atoms with Gasteiger partial charge in [0.05, 0.1) is 30.9 Å². The van der Waals surface area contributed by atoms with Gasteiger partial charge in [0.15, 0.2) is 12.4 Å². The lowest BCUT2D eigenvalue weighted by Gasteiger charge is -2.28. The van der Waals surface area contributed by atoms with Crippen molar-refractivity contribution in [1.82, 2.24) is 14.6 Å². The van der Waals surface area contributed by atoms with Crippen molar-refractivity contribution in [2.24, 2.45) is 5.92 Å². The molecule has 0 radical (unpaired) electrons. The Kier molecular flexibility index (Phi) is 14.6. The predicted molar refractivity (Wildman–Crippen MR) is 194 cm³/mol. The second kappa shape index (κ2) is 18.5. The quantitative estimate of drug-likeness (QED) is 0.121. The molecule has 2 heterocycles. The Balaban J connectivity index is 1.72. The number of benzene rings is 2. The fourth-order valence-electron chi connectivity index (χ4n) is 5.14. The molecule has 1 aromatic heterocycles. The highest BCUT2D eigenvalue weighted by Gasteiger charge is 2.52. The Bertz CT molecular complexity index is 1940. The van der Waals surface area contributed by atoms with Gasteiger partial charge in [-0.1, -0.05) is 43.3 Å². The first kappa shape index (κ1) is 42.6. The molecule has 1 fully saturated rings. The summed E-state index contributed by atoms with van der Waals surface area (Å²) >= 11 is 0. The van der Waals surface area contributed by atoms with E-state index in [1.807, 2.05) is 0 Å². The number of aromatic nitrogens is 2. The van der Waals surface area contributed by atoms with E-state index in [1.54, 1.807) is 64.1 Å². The molecule has 2 N–H and O–H groups in total. The molecular weight excluding hydrogens is 751 g/mol. The molecule has 0 bridgehead atoms. The molecule has 0 amide bonds. The zero-order valence-corrected chi connectivity index (χ0v) is 32.7. The van der Waals surface area contributed by atoms with Gasteiger partial charge in [0, 0.05) is 11.8 Å². The van der Waals surface area contributed by atoms with Crippen molar-refractivity contribution >= 4 is 27.3 Å². The number of rotatable bonds is 18. The minimum Gasteiger partial charge on any atom is -0.463 e. The molecule has 0 aliphatic carbocycles. The first-order valence-corrected chi connectivity index (χ1v) is 20.5. The van der Waals surface area contributed by atoms with Crippen molar-refractivity contribution in [3.05, 3.63) is 93.3 Å². The molecule has 1 saturated heterocycles. The van der Waals surface area contributed by atoms with Crippen LogP contribution in [0.3, 0.4) is 0 Å². The normalized spacial score (nSPS) is 21.8. The Morgan fingerprint density at radius 2 is 1.44 bits per heavy atom. The van der Waals surface area contributed by atoms with Gasteiger partial charge in [-0.25, -0.2) is 18.3 Å². The molecule has 54 heavy (non-hydrogen) atoms. The van der Waals surface area contributed by atoms with E-state index < -0.39 is 100 Å². The van der Waals surface area contributed by atoms with Crippen LogP contribution in [0.2, 0.25) is 0 Å². The number of hydrogen-bond donors (Lipinski definition) is 2. The largest absolute Gasteiger partial charge is 0.463 e. The van der Waals surface area contributed by atoms with Crippen molar-refractivity contribution in [2.45, 2.75) is 91.3 Å². The summed E-state index contributed by atoms with van der Waals surface area (Å²) < 4.78 is 86.1. The van der Waals surface area contributed by atoms with Gasteiger partial charge in [0.25, 0.3) is 5.56 Å². The lowest BCUT2D eigenvalue weighted by Crippen LogP contribution is -2.41. The molecule has 2 aromatic carbocycles. The average molecular weight is 798 g/mol. The lowest BCUT2D eigenvalue weighted by atomic mass is 10.1. The van der Waals surface area contributed by atoms with E-state index in [9.17, 15) is 28.3 Å². The van der Waals surface area contributed by atoms with Crippen molar-refractivity contribution < 1.29 is 55.4 Å². The molecule has 3 aromatic rings. The summed E-state index contributed by atoms with van der Waals surface area (Å²) in [5.74, 6) is -2.32. The fourth-order valence-corrected chi connectivity index (χ4v) is 8.72. The highest BCUT2D eigenvalue weighted by molar-refractivity contribution is 7.54. The summed E-state index contributed by atoms with van der Waals surface area (Å²) in [7, 11) is -9.08. The number of nitrogens with one attached hydrogen (secondary N) is 2. The van der Waals surface area contributed by atoms with Crippen molar-refractivity contribution in [3.63, 3.8) is 0 Å². The van der Waals surface area contributed by atoms with Crippen molar-refractivity contribution in [3.8, 4) is 11.5 Å². The zero-order chi connectivity index (χ0) is 39.8. The molecule has 1 aliphatic heterocycles. The van der Waals surface area contributed by atoms with Gasteiger partial charge in [0.1, 0.15) is 29.7 Å². The van der Waals surface area contributed by atoms with Gasteiger partial charge < -0.3 is 23.3 Å². The minimum absolute atomic E-state index is 0.0203. The van der Waals surface area contributed by atoms with Crippen LogP contribution in [0.15, 0.2) is 76.4 Å². The summed E-state index contributed by atoms with van der Waals surface area (Å²) in [5.41, 5.74) is -1.70. The van der Waals surface area contributed by atoms with Crippen LogP contribution < -0.4 is 25.4 Å². The molecular formula is C35H46FN3O13P2. The Morgan fingerprint density at radius 1 is 0.889 bits per heavy atom. The predicted octanol–water partition coefficient (Wildman–Crippen LogP) is 5.46. The molecule has 1 aliphatic rings. The highest BCUT2D eigenvalue weighted by atomic mass is 31.2. The maximum atomic E-state index is 16.7. The molecule has 19 heteroatoms. The third-order valence-electron chi connectivity index (χ3n) is 7.65. The van der Waals surface area contributed by atoms with Gasteiger partial charge in [-0.3, -0.25) is 33.0 Å². The number of aryl methyl sites for hydroxylation is 1. The van der Waals surface area contributed by atoms with Crippen molar-refractivity contribution in [1.29, 1.82) is 0 Å². The van der Waals surface area contributed by atoms with Gasteiger partial charge in [-0.2, -0.15) is 5.09 Å². The number of alkyl halides is 1. The van der Waals surface area contributed by atoms with E-state index in [1.165, 1.54) is 45.0 Å². The van der Waals surface area contributed by atoms with E-state index >= 15 is 4.39 Å². The maximum absolute atomic E-state index is 16.7. The Hall–Kier alpha value is -4.11. The van der Waals surface area contributed by atoms with E-state index in [-0.39, 0.29) is 17.1 Å². The van der Waals surface area contributed by atoms with Gasteiger partial charge in [-0.15, -0.1) is 0 Å². The van der Waals surface area contributed by atoms with E-state index in [2.05, 4.69) is 10.1 Å². The first-order chi connectivity index (χ1) is 25.4. The summed E-state index contributed by atoms with van der Waals surface area (Å²) in [6.45, 7) is 9.97. The summed E-state index contributed by atoms with van der Waals surface area (Å²) in [5, 5.41) is 2.48. The van der Waals surface area contributed by atoms with Crippen LogP contribution in [0.4, 0.5) is 4.39 Å². The van der Waals surface area contributed by atoms with Crippen LogP contribution >= 0.6 is 15.3 Å². The third-order valence-corrected chi connectivity index (χ3v) is 11.4. The fraction of sp³-hybridized carbons (Fsp3) is 0.486. The molecule has 0 saturated carbocycles. The number of aromatic amines is 1. The lowest BCUT2D eigenvalue weighted by molar-refractivity contribution is -0.151. The van der Waals surface area contributed by atoms with Gasteiger partial charge in [-0.05, 0) is 65.8 Å². The summed E-state index contributed by atoms with van der Waals surface area (Å²) in [6, 6.07) is 14.4. The van der Waals surface area contributed by atoms with Crippen molar-refractivity contribution in [2.75, 3.05) is 12.8 Å². The number of ether oxygens (including phenoxy) is 3. The maximum Gasteiger partial charge on any atom is 0.459 e.